The summed E-state index contributed by atoms with van der Waals surface area (Å²) < 4.78 is 5.06. The van der Waals surface area contributed by atoms with E-state index in [9.17, 15) is 0 Å². The van der Waals surface area contributed by atoms with Crippen LogP contribution in [0.2, 0.25) is 0 Å². The van der Waals surface area contributed by atoms with Gasteiger partial charge in [-0.3, -0.25) is 0 Å². The van der Waals surface area contributed by atoms with Crippen LogP contribution < -0.4 is 5.32 Å². The number of hydrogen-bond acceptors (Lipinski definition) is 2. The maximum atomic E-state index is 5.06. The van der Waals surface area contributed by atoms with Crippen LogP contribution in [0.5, 0.6) is 0 Å². The SMILES string of the molecule is CNC(CCCOC)Cc1ccccc1. The Kier molecular flexibility index (Phi) is 6.05. The summed E-state index contributed by atoms with van der Waals surface area (Å²) in [5, 5.41) is 3.35. The van der Waals surface area contributed by atoms with Crippen molar-refractivity contribution >= 4 is 0 Å². The molecule has 0 radical (unpaired) electrons. The predicted molar refractivity (Wildman–Crippen MR) is 64.1 cm³/mol. The summed E-state index contributed by atoms with van der Waals surface area (Å²) in [7, 11) is 3.78. The second kappa shape index (κ2) is 7.43. The number of likely N-dealkylation sites (N-methyl/N-ethyl adjacent to an activating group) is 1. The van der Waals surface area contributed by atoms with Crippen LogP contribution in [0.1, 0.15) is 18.4 Å². The molecular formula is C13H21NO. The monoisotopic (exact) mass is 207 g/mol. The summed E-state index contributed by atoms with van der Waals surface area (Å²) in [5.74, 6) is 0. The highest BCUT2D eigenvalue weighted by Crippen LogP contribution is 2.07. The molecule has 1 atom stereocenters. The van der Waals surface area contributed by atoms with Crippen LogP contribution in [0.3, 0.4) is 0 Å². The van der Waals surface area contributed by atoms with Crippen molar-refractivity contribution in [3.8, 4) is 0 Å². The molecule has 0 saturated heterocycles. The summed E-state index contributed by atoms with van der Waals surface area (Å²) in [4.78, 5) is 0. The first-order chi connectivity index (χ1) is 7.36. The van der Waals surface area contributed by atoms with E-state index in [1.54, 1.807) is 7.11 Å². The van der Waals surface area contributed by atoms with Gasteiger partial charge in [0, 0.05) is 19.8 Å². The van der Waals surface area contributed by atoms with E-state index in [1.807, 2.05) is 7.05 Å². The van der Waals surface area contributed by atoms with Crippen molar-refractivity contribution < 1.29 is 4.74 Å². The number of rotatable bonds is 7. The molecule has 0 fully saturated rings. The maximum absolute atomic E-state index is 5.06. The van der Waals surface area contributed by atoms with E-state index >= 15 is 0 Å². The van der Waals surface area contributed by atoms with Crippen LogP contribution >= 0.6 is 0 Å². The van der Waals surface area contributed by atoms with E-state index in [2.05, 4.69) is 35.6 Å². The second-order valence-corrected chi connectivity index (χ2v) is 3.81. The topological polar surface area (TPSA) is 21.3 Å². The number of ether oxygens (including phenoxy) is 1. The van der Waals surface area contributed by atoms with Crippen molar-refractivity contribution in [2.75, 3.05) is 20.8 Å². The Balaban J connectivity index is 2.33. The molecule has 1 rings (SSSR count). The number of nitrogens with one attached hydrogen (secondary N) is 1. The zero-order valence-electron chi connectivity index (χ0n) is 9.70. The highest BCUT2D eigenvalue weighted by atomic mass is 16.5. The molecule has 0 aliphatic carbocycles. The fourth-order valence-corrected chi connectivity index (χ4v) is 1.72. The number of methoxy groups -OCH3 is 1. The zero-order chi connectivity index (χ0) is 10.9. The molecule has 0 spiro atoms. The Morgan fingerprint density at radius 3 is 2.60 bits per heavy atom. The van der Waals surface area contributed by atoms with Crippen molar-refractivity contribution in [3.63, 3.8) is 0 Å². The first-order valence-corrected chi connectivity index (χ1v) is 5.57. The van der Waals surface area contributed by atoms with Gasteiger partial charge in [-0.05, 0) is 31.9 Å². The van der Waals surface area contributed by atoms with Crippen molar-refractivity contribution in [1.82, 2.24) is 5.32 Å². The standard InChI is InChI=1S/C13H21NO/c1-14-13(9-6-10-15-2)11-12-7-4-3-5-8-12/h3-5,7-8,13-14H,6,9-11H2,1-2H3. The third kappa shape index (κ3) is 4.96. The molecule has 0 saturated carbocycles. The van der Waals surface area contributed by atoms with Gasteiger partial charge in [0.25, 0.3) is 0 Å². The molecule has 1 N–H and O–H groups in total. The lowest BCUT2D eigenvalue weighted by Gasteiger charge is -2.15. The highest BCUT2D eigenvalue weighted by Gasteiger charge is 2.06. The Morgan fingerprint density at radius 2 is 2.00 bits per heavy atom. The Bertz CT molecular complexity index is 248. The summed E-state index contributed by atoms with van der Waals surface area (Å²) in [6.07, 6.45) is 3.38. The van der Waals surface area contributed by atoms with Gasteiger partial charge in [-0.15, -0.1) is 0 Å². The van der Waals surface area contributed by atoms with Crippen LogP contribution in [0, 0.1) is 0 Å². The van der Waals surface area contributed by atoms with Crippen molar-refractivity contribution in [2.45, 2.75) is 25.3 Å². The first-order valence-electron chi connectivity index (χ1n) is 5.57. The molecule has 1 aromatic carbocycles. The van der Waals surface area contributed by atoms with E-state index in [4.69, 9.17) is 4.74 Å². The van der Waals surface area contributed by atoms with Gasteiger partial charge in [0.05, 0.1) is 0 Å². The minimum absolute atomic E-state index is 0.558. The second-order valence-electron chi connectivity index (χ2n) is 3.81. The van der Waals surface area contributed by atoms with Crippen molar-refractivity contribution in [2.24, 2.45) is 0 Å². The fourth-order valence-electron chi connectivity index (χ4n) is 1.72. The largest absolute Gasteiger partial charge is 0.385 e. The van der Waals surface area contributed by atoms with Gasteiger partial charge in [0.1, 0.15) is 0 Å². The summed E-state index contributed by atoms with van der Waals surface area (Å²) in [6.45, 7) is 0.854. The Hall–Kier alpha value is -0.860. The molecule has 0 aromatic heterocycles. The van der Waals surface area contributed by atoms with E-state index < -0.39 is 0 Å². The molecule has 0 aliphatic rings. The van der Waals surface area contributed by atoms with Crippen LogP contribution in [0.25, 0.3) is 0 Å². The molecule has 1 unspecified atom stereocenters. The number of hydrogen-bond donors (Lipinski definition) is 1. The van der Waals surface area contributed by atoms with E-state index in [1.165, 1.54) is 12.0 Å². The minimum Gasteiger partial charge on any atom is -0.385 e. The van der Waals surface area contributed by atoms with Gasteiger partial charge in [-0.25, -0.2) is 0 Å². The molecular weight excluding hydrogens is 186 g/mol. The van der Waals surface area contributed by atoms with Gasteiger partial charge in [-0.2, -0.15) is 0 Å². The highest BCUT2D eigenvalue weighted by molar-refractivity contribution is 5.15. The Morgan fingerprint density at radius 1 is 1.27 bits per heavy atom. The van der Waals surface area contributed by atoms with E-state index in [0.29, 0.717) is 6.04 Å². The lowest BCUT2D eigenvalue weighted by atomic mass is 10.0. The van der Waals surface area contributed by atoms with Gasteiger partial charge >= 0.3 is 0 Å². The summed E-state index contributed by atoms with van der Waals surface area (Å²) in [6, 6.07) is 11.2. The third-order valence-electron chi connectivity index (χ3n) is 2.63. The summed E-state index contributed by atoms with van der Waals surface area (Å²) >= 11 is 0. The average molecular weight is 207 g/mol. The zero-order valence-corrected chi connectivity index (χ0v) is 9.70. The third-order valence-corrected chi connectivity index (χ3v) is 2.63. The average Bonchev–Trinajstić information content (AvgIpc) is 2.29. The first kappa shape index (κ1) is 12.2. The lowest BCUT2D eigenvalue weighted by Crippen LogP contribution is -2.27. The normalized spacial score (nSPS) is 12.7. The predicted octanol–water partition coefficient (Wildman–Crippen LogP) is 2.24. The molecule has 0 aliphatic heterocycles. The molecule has 0 heterocycles. The smallest absolute Gasteiger partial charge is 0.0462 e. The lowest BCUT2D eigenvalue weighted by molar-refractivity contribution is 0.189. The van der Waals surface area contributed by atoms with Crippen molar-refractivity contribution in [3.05, 3.63) is 35.9 Å². The summed E-state index contributed by atoms with van der Waals surface area (Å²) in [5.41, 5.74) is 1.40. The molecule has 2 heteroatoms. The van der Waals surface area contributed by atoms with E-state index in [-0.39, 0.29) is 0 Å². The molecule has 2 nitrogen and oxygen atoms in total. The maximum Gasteiger partial charge on any atom is 0.0462 e. The number of benzene rings is 1. The quantitative estimate of drug-likeness (QED) is 0.692. The van der Waals surface area contributed by atoms with Crippen LogP contribution in [0.15, 0.2) is 30.3 Å². The van der Waals surface area contributed by atoms with Crippen LogP contribution in [0.4, 0.5) is 0 Å². The van der Waals surface area contributed by atoms with Gasteiger partial charge < -0.3 is 10.1 Å². The Labute approximate surface area is 92.6 Å². The molecule has 1 aromatic rings. The van der Waals surface area contributed by atoms with Gasteiger partial charge in [-0.1, -0.05) is 30.3 Å². The van der Waals surface area contributed by atoms with Crippen molar-refractivity contribution in [1.29, 1.82) is 0 Å². The fraction of sp³-hybridized carbons (Fsp3) is 0.538. The minimum atomic E-state index is 0.558. The van der Waals surface area contributed by atoms with Gasteiger partial charge in [0.15, 0.2) is 0 Å². The van der Waals surface area contributed by atoms with Crippen LogP contribution in [-0.4, -0.2) is 26.8 Å². The molecule has 15 heavy (non-hydrogen) atoms. The van der Waals surface area contributed by atoms with Gasteiger partial charge in [0.2, 0.25) is 0 Å². The van der Waals surface area contributed by atoms with Crippen LogP contribution in [-0.2, 0) is 11.2 Å². The molecule has 0 amide bonds. The molecule has 0 bridgehead atoms. The van der Waals surface area contributed by atoms with E-state index in [0.717, 1.165) is 19.4 Å². The molecule has 84 valence electrons.